The molecule has 5 heteroatoms. The Labute approximate surface area is 183 Å². The van der Waals surface area contributed by atoms with Crippen molar-refractivity contribution in [1.82, 2.24) is 10.2 Å². The fourth-order valence-electron chi connectivity index (χ4n) is 5.90. The molecule has 4 nitrogen and oxygen atoms in total. The van der Waals surface area contributed by atoms with Crippen LogP contribution >= 0.6 is 11.6 Å². The predicted octanol–water partition coefficient (Wildman–Crippen LogP) is 4.09. The van der Waals surface area contributed by atoms with E-state index in [0.717, 1.165) is 43.9 Å². The summed E-state index contributed by atoms with van der Waals surface area (Å²) in [6.07, 6.45) is 3.12. The zero-order valence-electron chi connectivity index (χ0n) is 17.5. The van der Waals surface area contributed by atoms with Gasteiger partial charge in [-0.2, -0.15) is 0 Å². The molecule has 2 atom stereocenters. The number of amides is 1. The highest BCUT2D eigenvalue weighted by molar-refractivity contribution is 6.30. The van der Waals surface area contributed by atoms with Gasteiger partial charge in [-0.3, -0.25) is 4.79 Å². The van der Waals surface area contributed by atoms with Crippen LogP contribution in [0.25, 0.3) is 0 Å². The quantitative estimate of drug-likeness (QED) is 0.759. The molecule has 1 N–H and O–H groups in total. The van der Waals surface area contributed by atoms with Gasteiger partial charge in [0.15, 0.2) is 0 Å². The van der Waals surface area contributed by atoms with E-state index in [2.05, 4.69) is 46.6 Å². The number of hydrogen-bond donors (Lipinski definition) is 1. The van der Waals surface area contributed by atoms with Crippen LogP contribution < -0.4 is 5.32 Å². The second-order valence-corrected chi connectivity index (χ2v) is 9.35. The Morgan fingerprint density at radius 2 is 1.93 bits per heavy atom. The molecule has 1 amide bonds. The van der Waals surface area contributed by atoms with E-state index in [9.17, 15) is 4.79 Å². The highest BCUT2D eigenvalue weighted by Gasteiger charge is 2.53. The fraction of sp³-hybridized carbons (Fsp3) is 0.480. The summed E-state index contributed by atoms with van der Waals surface area (Å²) in [7, 11) is 0. The van der Waals surface area contributed by atoms with Crippen LogP contribution in [0.1, 0.15) is 54.4 Å². The third-order valence-corrected chi connectivity index (χ3v) is 7.43. The SMILES string of the molecule is CCOCC(=O)NC1CCN(C[C@]23C[C@@H](c4ccccc42)c2ccc(Cl)cc23)CC1. The van der Waals surface area contributed by atoms with Crippen LogP contribution in [-0.4, -0.2) is 49.7 Å². The molecular formula is C25H29ClN2O2. The smallest absolute Gasteiger partial charge is 0.246 e. The summed E-state index contributed by atoms with van der Waals surface area (Å²) in [6.45, 7) is 5.67. The van der Waals surface area contributed by atoms with Crippen molar-refractivity contribution in [3.63, 3.8) is 0 Å². The summed E-state index contributed by atoms with van der Waals surface area (Å²) < 4.78 is 5.22. The first kappa shape index (κ1) is 20.0. The van der Waals surface area contributed by atoms with Crippen LogP contribution in [0.15, 0.2) is 42.5 Å². The second kappa shape index (κ2) is 7.99. The van der Waals surface area contributed by atoms with Crippen LogP contribution in [0.2, 0.25) is 5.02 Å². The second-order valence-electron chi connectivity index (χ2n) is 8.91. The number of likely N-dealkylation sites (tertiary alicyclic amines) is 1. The van der Waals surface area contributed by atoms with Crippen molar-refractivity contribution in [2.75, 3.05) is 32.8 Å². The van der Waals surface area contributed by atoms with Crippen molar-refractivity contribution in [2.45, 2.75) is 43.6 Å². The number of ether oxygens (including phenoxy) is 1. The maximum atomic E-state index is 12.0. The third-order valence-electron chi connectivity index (χ3n) is 7.19. The lowest BCUT2D eigenvalue weighted by atomic mass is 9.74. The number of halogens is 1. The van der Waals surface area contributed by atoms with Crippen LogP contribution in [-0.2, 0) is 14.9 Å². The van der Waals surface area contributed by atoms with Crippen molar-refractivity contribution >= 4 is 17.5 Å². The minimum atomic E-state index is 0.000757. The highest BCUT2D eigenvalue weighted by Crippen LogP contribution is 2.60. The van der Waals surface area contributed by atoms with E-state index in [1.807, 2.05) is 13.0 Å². The molecule has 0 spiro atoms. The Kier molecular flexibility index (Phi) is 5.34. The van der Waals surface area contributed by atoms with E-state index in [0.29, 0.717) is 12.5 Å². The molecule has 1 fully saturated rings. The molecule has 158 valence electrons. The molecule has 3 aliphatic rings. The number of benzene rings is 2. The van der Waals surface area contributed by atoms with Gasteiger partial charge in [-0.05, 0) is 60.6 Å². The molecule has 2 bridgehead atoms. The number of fused-ring (bicyclic) bond motifs is 8. The lowest BCUT2D eigenvalue weighted by molar-refractivity contribution is -0.126. The number of nitrogens with zero attached hydrogens (tertiary/aromatic N) is 1. The number of carbonyl (C=O) groups is 1. The first-order valence-electron chi connectivity index (χ1n) is 11.1. The lowest BCUT2D eigenvalue weighted by Crippen LogP contribution is -2.49. The number of rotatable bonds is 6. The van der Waals surface area contributed by atoms with E-state index >= 15 is 0 Å². The summed E-state index contributed by atoms with van der Waals surface area (Å²) in [6, 6.07) is 15.7. The molecule has 30 heavy (non-hydrogen) atoms. The van der Waals surface area contributed by atoms with E-state index in [1.165, 1.54) is 22.3 Å². The highest BCUT2D eigenvalue weighted by atomic mass is 35.5. The van der Waals surface area contributed by atoms with Gasteiger partial charge in [0, 0.05) is 48.6 Å². The molecule has 1 saturated heterocycles. The molecule has 1 aliphatic heterocycles. The van der Waals surface area contributed by atoms with Gasteiger partial charge < -0.3 is 15.0 Å². The van der Waals surface area contributed by atoms with Gasteiger partial charge in [0.05, 0.1) is 0 Å². The zero-order valence-corrected chi connectivity index (χ0v) is 18.3. The van der Waals surface area contributed by atoms with Gasteiger partial charge in [0.2, 0.25) is 5.91 Å². The van der Waals surface area contributed by atoms with Crippen LogP contribution in [0, 0.1) is 0 Å². The van der Waals surface area contributed by atoms with E-state index in [1.54, 1.807) is 0 Å². The Morgan fingerprint density at radius 3 is 2.73 bits per heavy atom. The zero-order chi connectivity index (χ0) is 20.7. The van der Waals surface area contributed by atoms with Crippen molar-refractivity contribution < 1.29 is 9.53 Å². The van der Waals surface area contributed by atoms with E-state index < -0.39 is 0 Å². The van der Waals surface area contributed by atoms with Crippen molar-refractivity contribution in [3.05, 3.63) is 69.7 Å². The van der Waals surface area contributed by atoms with Crippen molar-refractivity contribution in [1.29, 1.82) is 0 Å². The molecule has 0 saturated carbocycles. The van der Waals surface area contributed by atoms with Gasteiger partial charge in [-0.1, -0.05) is 41.9 Å². The number of nitrogens with one attached hydrogen (secondary N) is 1. The Balaban J connectivity index is 1.33. The van der Waals surface area contributed by atoms with E-state index in [4.69, 9.17) is 16.3 Å². The van der Waals surface area contributed by atoms with Gasteiger partial charge in [-0.15, -0.1) is 0 Å². The maximum Gasteiger partial charge on any atom is 0.246 e. The van der Waals surface area contributed by atoms with Crippen LogP contribution in [0.4, 0.5) is 0 Å². The first-order valence-corrected chi connectivity index (χ1v) is 11.5. The first-order chi connectivity index (χ1) is 14.6. The largest absolute Gasteiger partial charge is 0.372 e. The van der Waals surface area contributed by atoms with Gasteiger partial charge in [0.25, 0.3) is 0 Å². The van der Waals surface area contributed by atoms with Gasteiger partial charge in [-0.25, -0.2) is 0 Å². The molecule has 5 rings (SSSR count). The summed E-state index contributed by atoms with van der Waals surface area (Å²) in [5, 5.41) is 3.96. The monoisotopic (exact) mass is 424 g/mol. The molecule has 2 aliphatic carbocycles. The van der Waals surface area contributed by atoms with Crippen molar-refractivity contribution in [3.8, 4) is 0 Å². The summed E-state index contributed by atoms with van der Waals surface area (Å²) in [5.41, 5.74) is 5.89. The van der Waals surface area contributed by atoms with Crippen LogP contribution in [0.5, 0.6) is 0 Å². The average Bonchev–Trinajstić information content (AvgIpc) is 3.25. The van der Waals surface area contributed by atoms with E-state index in [-0.39, 0.29) is 24.0 Å². The van der Waals surface area contributed by atoms with Gasteiger partial charge >= 0.3 is 0 Å². The number of carbonyl (C=O) groups excluding carboxylic acids is 1. The maximum absolute atomic E-state index is 12.0. The molecule has 2 aromatic carbocycles. The third kappa shape index (κ3) is 3.35. The normalized spacial score (nSPS) is 25.2. The van der Waals surface area contributed by atoms with Crippen LogP contribution in [0.3, 0.4) is 0 Å². The molecule has 0 radical (unpaired) electrons. The van der Waals surface area contributed by atoms with Crippen molar-refractivity contribution in [2.24, 2.45) is 0 Å². The molecule has 1 heterocycles. The number of hydrogen-bond acceptors (Lipinski definition) is 3. The van der Waals surface area contributed by atoms with Gasteiger partial charge in [0.1, 0.15) is 6.61 Å². The Morgan fingerprint density at radius 1 is 1.17 bits per heavy atom. The topological polar surface area (TPSA) is 41.6 Å². The average molecular weight is 425 g/mol. The molecule has 0 unspecified atom stereocenters. The molecule has 0 aromatic heterocycles. The number of piperidine rings is 1. The fourth-order valence-corrected chi connectivity index (χ4v) is 6.07. The minimum absolute atomic E-state index is 0.000757. The standard InChI is InChI=1S/C25H29ClN2O2/c1-2-30-15-24(29)27-18-9-11-28(12-10-18)16-25-14-21(19-5-3-4-6-22(19)25)20-8-7-17(26)13-23(20)25/h3-8,13,18,21H,2,9-12,14-16H2,1H3,(H,27,29)/t21-,25+/m0/s1. The molecular weight excluding hydrogens is 396 g/mol. The Bertz CT molecular complexity index is 954. The summed E-state index contributed by atoms with van der Waals surface area (Å²) in [5.74, 6) is 0.490. The summed E-state index contributed by atoms with van der Waals surface area (Å²) >= 11 is 6.43. The predicted molar refractivity (Wildman–Crippen MR) is 119 cm³/mol. The summed E-state index contributed by atoms with van der Waals surface area (Å²) in [4.78, 5) is 14.6. The Hall–Kier alpha value is -1.88. The molecule has 2 aromatic rings. The minimum Gasteiger partial charge on any atom is -0.372 e. The lowest BCUT2D eigenvalue weighted by Gasteiger charge is -2.40.